The molecule has 0 aromatic heterocycles. The first-order chi connectivity index (χ1) is 10.0. The molecule has 1 atom stereocenters. The van der Waals surface area contributed by atoms with Crippen LogP contribution in [0.2, 0.25) is 0 Å². The van der Waals surface area contributed by atoms with Crippen molar-refractivity contribution in [3.63, 3.8) is 0 Å². The molecule has 1 fully saturated rings. The summed E-state index contributed by atoms with van der Waals surface area (Å²) >= 11 is 3.39. The third kappa shape index (κ3) is 4.28. The van der Waals surface area contributed by atoms with Crippen LogP contribution < -0.4 is 4.74 Å². The minimum atomic E-state index is 0.0451. The Bertz CT molecular complexity index is 505. The van der Waals surface area contributed by atoms with Gasteiger partial charge in [0.15, 0.2) is 6.29 Å². The molecule has 1 aromatic carbocycles. The smallest absolute Gasteiger partial charge is 0.153 e. The lowest BCUT2D eigenvalue weighted by molar-refractivity contribution is -0.0565. The van der Waals surface area contributed by atoms with E-state index in [1.165, 1.54) is 0 Å². The van der Waals surface area contributed by atoms with E-state index in [4.69, 9.17) is 9.47 Å². The average Bonchev–Trinajstić information content (AvgIpc) is 2.45. The number of hydrogen-bond acceptors (Lipinski definition) is 4. The van der Waals surface area contributed by atoms with Crippen LogP contribution in [0.4, 0.5) is 0 Å². The molecule has 0 amide bonds. The van der Waals surface area contributed by atoms with E-state index in [1.807, 2.05) is 13.0 Å². The third-order valence-electron chi connectivity index (χ3n) is 3.71. The van der Waals surface area contributed by atoms with E-state index >= 15 is 0 Å². The first kappa shape index (κ1) is 16.5. The van der Waals surface area contributed by atoms with Crippen molar-refractivity contribution >= 4 is 22.2 Å². The zero-order chi connectivity index (χ0) is 15.4. The second-order valence-corrected chi connectivity index (χ2v) is 6.57. The number of aryl methyl sites for hydroxylation is 1. The van der Waals surface area contributed by atoms with E-state index < -0.39 is 0 Å². The fourth-order valence-corrected chi connectivity index (χ4v) is 3.12. The number of halogens is 1. The van der Waals surface area contributed by atoms with Crippen LogP contribution in [0.1, 0.15) is 29.8 Å². The van der Waals surface area contributed by atoms with Gasteiger partial charge in [-0.1, -0.05) is 15.9 Å². The molecule has 0 spiro atoms. The lowest BCUT2D eigenvalue weighted by atomic mass is 10.1. The van der Waals surface area contributed by atoms with Crippen LogP contribution in [-0.2, 0) is 4.74 Å². The molecule has 116 valence electrons. The van der Waals surface area contributed by atoms with Crippen molar-refractivity contribution in [2.75, 3.05) is 26.3 Å². The van der Waals surface area contributed by atoms with Gasteiger partial charge in [-0.15, -0.1) is 0 Å². The number of rotatable bonds is 5. The lowest BCUT2D eigenvalue weighted by Crippen LogP contribution is -2.47. The fourth-order valence-electron chi connectivity index (χ4n) is 2.53. The van der Waals surface area contributed by atoms with E-state index in [0.717, 1.165) is 36.0 Å². The SMILES string of the molecule is Cc1cc(Br)cc(C=O)c1OCC1CN(C(C)C)CCO1. The van der Waals surface area contributed by atoms with Crippen LogP contribution >= 0.6 is 15.9 Å². The summed E-state index contributed by atoms with van der Waals surface area (Å²) in [6, 6.07) is 4.23. The third-order valence-corrected chi connectivity index (χ3v) is 4.17. The Morgan fingerprint density at radius 3 is 2.95 bits per heavy atom. The molecule has 1 aromatic rings. The van der Waals surface area contributed by atoms with Crippen molar-refractivity contribution in [1.82, 2.24) is 4.90 Å². The zero-order valence-corrected chi connectivity index (χ0v) is 14.4. The first-order valence-electron chi connectivity index (χ1n) is 7.25. The van der Waals surface area contributed by atoms with Gasteiger partial charge in [-0.2, -0.15) is 0 Å². The van der Waals surface area contributed by atoms with Crippen LogP contribution in [-0.4, -0.2) is 49.6 Å². The highest BCUT2D eigenvalue weighted by molar-refractivity contribution is 9.10. The molecule has 5 heteroatoms. The van der Waals surface area contributed by atoms with Crippen molar-refractivity contribution in [1.29, 1.82) is 0 Å². The number of aldehydes is 1. The summed E-state index contributed by atoms with van der Waals surface area (Å²) in [5.74, 6) is 0.651. The molecule has 0 radical (unpaired) electrons. The normalized spacial score (nSPS) is 19.8. The minimum Gasteiger partial charge on any atom is -0.490 e. The Labute approximate surface area is 134 Å². The quantitative estimate of drug-likeness (QED) is 0.761. The highest BCUT2D eigenvalue weighted by Gasteiger charge is 2.23. The molecular formula is C16H22BrNO3. The first-order valence-corrected chi connectivity index (χ1v) is 8.04. The molecule has 0 bridgehead atoms. The summed E-state index contributed by atoms with van der Waals surface area (Å²) in [6.45, 7) is 9.34. The number of morpholine rings is 1. The van der Waals surface area contributed by atoms with Crippen molar-refractivity contribution in [3.8, 4) is 5.75 Å². The summed E-state index contributed by atoms with van der Waals surface area (Å²) in [7, 11) is 0. The van der Waals surface area contributed by atoms with E-state index in [9.17, 15) is 4.79 Å². The standard InChI is InChI=1S/C16H22BrNO3/c1-11(2)18-4-5-20-15(8-18)10-21-16-12(3)6-14(17)7-13(16)9-19/h6-7,9,11,15H,4-5,8,10H2,1-3H3. The zero-order valence-electron chi connectivity index (χ0n) is 12.8. The van der Waals surface area contributed by atoms with E-state index in [1.54, 1.807) is 6.07 Å². The maximum Gasteiger partial charge on any atom is 0.153 e. The summed E-state index contributed by atoms with van der Waals surface area (Å²) in [5, 5.41) is 0. The molecule has 1 unspecified atom stereocenters. The van der Waals surface area contributed by atoms with Gasteiger partial charge in [0.25, 0.3) is 0 Å². The van der Waals surface area contributed by atoms with Crippen molar-refractivity contribution in [2.45, 2.75) is 32.9 Å². The Morgan fingerprint density at radius 2 is 2.29 bits per heavy atom. The summed E-state index contributed by atoms with van der Waals surface area (Å²) in [5.41, 5.74) is 1.52. The van der Waals surface area contributed by atoms with Crippen LogP contribution in [0.25, 0.3) is 0 Å². The van der Waals surface area contributed by atoms with Crippen molar-refractivity contribution in [2.24, 2.45) is 0 Å². The maximum atomic E-state index is 11.2. The Hall–Kier alpha value is -0.910. The Kier molecular flexibility index (Phi) is 5.79. The number of carbonyl (C=O) groups excluding carboxylic acids is 1. The van der Waals surface area contributed by atoms with E-state index in [-0.39, 0.29) is 6.10 Å². The van der Waals surface area contributed by atoms with Crippen molar-refractivity contribution in [3.05, 3.63) is 27.7 Å². The van der Waals surface area contributed by atoms with Gasteiger partial charge in [-0.05, 0) is 38.5 Å². The van der Waals surface area contributed by atoms with Gasteiger partial charge in [0.2, 0.25) is 0 Å². The molecule has 0 saturated carbocycles. The largest absolute Gasteiger partial charge is 0.490 e. The van der Waals surface area contributed by atoms with Crippen LogP contribution in [0, 0.1) is 6.92 Å². The molecule has 1 aliphatic heterocycles. The van der Waals surface area contributed by atoms with Gasteiger partial charge < -0.3 is 9.47 Å². The van der Waals surface area contributed by atoms with E-state index in [2.05, 4.69) is 34.7 Å². The van der Waals surface area contributed by atoms with E-state index in [0.29, 0.717) is 24.0 Å². The number of benzene rings is 1. The minimum absolute atomic E-state index is 0.0451. The molecule has 4 nitrogen and oxygen atoms in total. The van der Waals surface area contributed by atoms with Gasteiger partial charge in [-0.3, -0.25) is 9.69 Å². The van der Waals surface area contributed by atoms with Gasteiger partial charge in [0.05, 0.1) is 12.2 Å². The van der Waals surface area contributed by atoms with Gasteiger partial charge >= 0.3 is 0 Å². The fraction of sp³-hybridized carbons (Fsp3) is 0.562. The monoisotopic (exact) mass is 355 g/mol. The van der Waals surface area contributed by atoms with Gasteiger partial charge in [-0.25, -0.2) is 0 Å². The van der Waals surface area contributed by atoms with Crippen LogP contribution in [0.5, 0.6) is 5.75 Å². The van der Waals surface area contributed by atoms with Crippen LogP contribution in [0.3, 0.4) is 0 Å². The number of ether oxygens (including phenoxy) is 2. The maximum absolute atomic E-state index is 11.2. The molecule has 1 saturated heterocycles. The second-order valence-electron chi connectivity index (χ2n) is 5.65. The molecular weight excluding hydrogens is 334 g/mol. The van der Waals surface area contributed by atoms with Crippen LogP contribution in [0.15, 0.2) is 16.6 Å². The molecule has 0 aliphatic carbocycles. The lowest BCUT2D eigenvalue weighted by Gasteiger charge is -2.35. The predicted molar refractivity (Wildman–Crippen MR) is 86.2 cm³/mol. The topological polar surface area (TPSA) is 38.8 Å². The number of hydrogen-bond donors (Lipinski definition) is 0. The Morgan fingerprint density at radius 1 is 1.52 bits per heavy atom. The van der Waals surface area contributed by atoms with Gasteiger partial charge in [0.1, 0.15) is 18.5 Å². The summed E-state index contributed by atoms with van der Waals surface area (Å²) in [4.78, 5) is 13.6. The molecule has 1 heterocycles. The molecule has 2 rings (SSSR count). The number of nitrogens with zero attached hydrogens (tertiary/aromatic N) is 1. The Balaban J connectivity index is 2.01. The summed E-state index contributed by atoms with van der Waals surface area (Å²) in [6.07, 6.45) is 0.874. The molecule has 0 N–H and O–H groups in total. The molecule has 1 aliphatic rings. The second kappa shape index (κ2) is 7.38. The van der Waals surface area contributed by atoms with Crippen molar-refractivity contribution < 1.29 is 14.3 Å². The average molecular weight is 356 g/mol. The highest BCUT2D eigenvalue weighted by Crippen LogP contribution is 2.27. The highest BCUT2D eigenvalue weighted by atomic mass is 79.9. The molecule has 21 heavy (non-hydrogen) atoms. The van der Waals surface area contributed by atoms with Gasteiger partial charge in [0, 0.05) is 23.6 Å². The predicted octanol–water partition coefficient (Wildman–Crippen LogP) is 3.06. The number of carbonyl (C=O) groups is 1. The summed E-state index contributed by atoms with van der Waals surface area (Å²) < 4.78 is 12.5.